The van der Waals surface area contributed by atoms with Gasteiger partial charge in [0.25, 0.3) is 0 Å². The molecule has 0 unspecified atom stereocenters. The van der Waals surface area contributed by atoms with Crippen LogP contribution in [0.3, 0.4) is 0 Å². The van der Waals surface area contributed by atoms with E-state index < -0.39 is 10.0 Å². The van der Waals surface area contributed by atoms with Gasteiger partial charge in [-0.05, 0) is 12.8 Å². The second-order valence-electron chi connectivity index (χ2n) is 3.66. The van der Waals surface area contributed by atoms with Gasteiger partial charge < -0.3 is 4.74 Å². The fourth-order valence-corrected chi connectivity index (χ4v) is 1.89. The molecule has 0 radical (unpaired) electrons. The predicted octanol–water partition coefficient (Wildman–Crippen LogP) is 1.65. The Morgan fingerprint density at radius 3 is 2.81 bits per heavy atom. The van der Waals surface area contributed by atoms with Crippen LogP contribution in [0.5, 0.6) is 5.75 Å². The molecular weight excluding hydrogens is 252 g/mol. The van der Waals surface area contributed by atoms with Gasteiger partial charge in [0.15, 0.2) is 5.82 Å². The standard InChI is InChI=1S/C9H11ClN2O3S/c1-16(13,14)12-9-8(10)7(4-5-11-9)15-6-2-3-6/h4-6H,2-3H2,1H3,(H,11,12). The number of ether oxygens (including phenoxy) is 1. The zero-order chi connectivity index (χ0) is 11.8. The fraction of sp³-hybridized carbons (Fsp3) is 0.444. The number of hydrogen-bond donors (Lipinski definition) is 1. The molecule has 0 aromatic carbocycles. The van der Waals surface area contributed by atoms with Gasteiger partial charge in [0.1, 0.15) is 10.8 Å². The van der Waals surface area contributed by atoms with E-state index >= 15 is 0 Å². The molecule has 1 N–H and O–H groups in total. The topological polar surface area (TPSA) is 68.3 Å². The zero-order valence-electron chi connectivity index (χ0n) is 8.60. The van der Waals surface area contributed by atoms with Crippen LogP contribution in [0, 0.1) is 0 Å². The van der Waals surface area contributed by atoms with E-state index in [4.69, 9.17) is 16.3 Å². The number of nitrogens with zero attached hydrogens (tertiary/aromatic N) is 1. The number of hydrogen-bond acceptors (Lipinski definition) is 4. The highest BCUT2D eigenvalue weighted by Gasteiger charge is 2.25. The van der Waals surface area contributed by atoms with Crippen LogP contribution in [0.25, 0.3) is 0 Å². The Bertz CT molecular complexity index is 499. The Kier molecular flexibility index (Phi) is 2.94. The van der Waals surface area contributed by atoms with Crippen molar-refractivity contribution >= 4 is 27.4 Å². The Hall–Kier alpha value is -1.01. The molecule has 16 heavy (non-hydrogen) atoms. The second kappa shape index (κ2) is 4.10. The van der Waals surface area contributed by atoms with Crippen LogP contribution >= 0.6 is 11.6 Å². The number of sulfonamides is 1. The van der Waals surface area contributed by atoms with Gasteiger partial charge in [-0.25, -0.2) is 13.4 Å². The van der Waals surface area contributed by atoms with Crippen molar-refractivity contribution in [2.24, 2.45) is 0 Å². The van der Waals surface area contributed by atoms with Gasteiger partial charge in [-0.2, -0.15) is 0 Å². The fourth-order valence-electron chi connectivity index (χ4n) is 1.13. The maximum Gasteiger partial charge on any atom is 0.231 e. The molecule has 0 saturated heterocycles. The Labute approximate surface area is 98.8 Å². The molecule has 88 valence electrons. The average molecular weight is 263 g/mol. The molecule has 0 bridgehead atoms. The second-order valence-corrected chi connectivity index (χ2v) is 5.79. The van der Waals surface area contributed by atoms with Gasteiger partial charge in [-0.15, -0.1) is 0 Å². The number of nitrogens with one attached hydrogen (secondary N) is 1. The largest absolute Gasteiger partial charge is 0.489 e. The Balaban J connectivity index is 2.24. The molecule has 0 atom stereocenters. The average Bonchev–Trinajstić information content (AvgIpc) is 2.93. The van der Waals surface area contributed by atoms with Gasteiger partial charge in [-0.1, -0.05) is 11.6 Å². The summed E-state index contributed by atoms with van der Waals surface area (Å²) in [6, 6.07) is 1.62. The molecule has 2 rings (SSSR count). The maximum atomic E-state index is 11.0. The molecule has 1 heterocycles. The smallest absolute Gasteiger partial charge is 0.231 e. The van der Waals surface area contributed by atoms with Crippen LogP contribution in [0.1, 0.15) is 12.8 Å². The van der Waals surface area contributed by atoms with E-state index in [0.29, 0.717) is 5.75 Å². The molecule has 5 nitrogen and oxygen atoms in total. The van der Waals surface area contributed by atoms with E-state index in [1.54, 1.807) is 6.07 Å². The highest BCUT2D eigenvalue weighted by atomic mass is 35.5. The molecule has 1 aliphatic rings. The minimum atomic E-state index is -3.38. The van der Waals surface area contributed by atoms with E-state index in [-0.39, 0.29) is 16.9 Å². The van der Waals surface area contributed by atoms with E-state index in [1.165, 1.54) is 6.20 Å². The molecule has 0 spiro atoms. The third-order valence-corrected chi connectivity index (χ3v) is 2.88. The number of pyridine rings is 1. The van der Waals surface area contributed by atoms with Crippen molar-refractivity contribution in [1.29, 1.82) is 0 Å². The molecule has 1 aromatic rings. The Morgan fingerprint density at radius 1 is 1.56 bits per heavy atom. The van der Waals surface area contributed by atoms with Gasteiger partial charge in [0, 0.05) is 12.3 Å². The van der Waals surface area contributed by atoms with Gasteiger partial charge in [-0.3, -0.25) is 4.72 Å². The summed E-state index contributed by atoms with van der Waals surface area (Å²) in [7, 11) is -3.38. The summed E-state index contributed by atoms with van der Waals surface area (Å²) in [6.07, 6.45) is 4.71. The lowest BCUT2D eigenvalue weighted by molar-refractivity contribution is 0.303. The van der Waals surface area contributed by atoms with E-state index in [2.05, 4.69) is 9.71 Å². The third-order valence-electron chi connectivity index (χ3n) is 1.95. The summed E-state index contributed by atoms with van der Waals surface area (Å²) in [5, 5.41) is 0.194. The molecule has 0 aliphatic heterocycles. The van der Waals surface area contributed by atoms with Gasteiger partial charge >= 0.3 is 0 Å². The summed E-state index contributed by atoms with van der Waals surface area (Å²) in [6.45, 7) is 0. The van der Waals surface area contributed by atoms with Crippen LogP contribution in [-0.2, 0) is 10.0 Å². The van der Waals surface area contributed by atoms with E-state index in [0.717, 1.165) is 19.1 Å². The van der Waals surface area contributed by atoms with Crippen molar-refractivity contribution in [3.8, 4) is 5.75 Å². The van der Waals surface area contributed by atoms with Crippen molar-refractivity contribution in [2.45, 2.75) is 18.9 Å². The van der Waals surface area contributed by atoms with Crippen LogP contribution < -0.4 is 9.46 Å². The first-order valence-electron chi connectivity index (χ1n) is 4.74. The highest BCUT2D eigenvalue weighted by molar-refractivity contribution is 7.92. The SMILES string of the molecule is CS(=O)(=O)Nc1nccc(OC2CC2)c1Cl. The summed E-state index contributed by atoms with van der Waals surface area (Å²) in [5.74, 6) is 0.563. The number of aromatic nitrogens is 1. The number of halogens is 1. The monoisotopic (exact) mass is 262 g/mol. The molecule has 1 saturated carbocycles. The normalized spacial score (nSPS) is 15.9. The van der Waals surface area contributed by atoms with Crippen LogP contribution in [0.15, 0.2) is 12.3 Å². The van der Waals surface area contributed by atoms with Crippen LogP contribution in [0.2, 0.25) is 5.02 Å². The lowest BCUT2D eigenvalue weighted by Gasteiger charge is -2.10. The van der Waals surface area contributed by atoms with Crippen molar-refractivity contribution in [3.05, 3.63) is 17.3 Å². The van der Waals surface area contributed by atoms with E-state index in [1.807, 2.05) is 0 Å². The predicted molar refractivity (Wildman–Crippen MR) is 61.4 cm³/mol. The van der Waals surface area contributed by atoms with Crippen LogP contribution in [0.4, 0.5) is 5.82 Å². The van der Waals surface area contributed by atoms with Crippen molar-refractivity contribution < 1.29 is 13.2 Å². The first kappa shape index (κ1) is 11.5. The molecular formula is C9H11ClN2O3S. The highest BCUT2D eigenvalue weighted by Crippen LogP contribution is 2.35. The van der Waals surface area contributed by atoms with Crippen molar-refractivity contribution in [3.63, 3.8) is 0 Å². The molecule has 1 aromatic heterocycles. The summed E-state index contributed by atoms with van der Waals surface area (Å²) in [4.78, 5) is 3.85. The maximum absolute atomic E-state index is 11.0. The number of rotatable bonds is 4. The quantitative estimate of drug-likeness (QED) is 0.896. The molecule has 1 fully saturated rings. The van der Waals surface area contributed by atoms with Crippen molar-refractivity contribution in [1.82, 2.24) is 4.98 Å². The van der Waals surface area contributed by atoms with Gasteiger partial charge in [0.05, 0.1) is 12.4 Å². The summed E-state index contributed by atoms with van der Waals surface area (Å²) in [5.41, 5.74) is 0. The summed E-state index contributed by atoms with van der Waals surface area (Å²) < 4.78 is 29.8. The molecule has 7 heteroatoms. The van der Waals surface area contributed by atoms with Crippen molar-refractivity contribution in [2.75, 3.05) is 11.0 Å². The van der Waals surface area contributed by atoms with E-state index in [9.17, 15) is 8.42 Å². The first-order valence-corrected chi connectivity index (χ1v) is 7.01. The summed E-state index contributed by atoms with van der Waals surface area (Å²) >= 11 is 5.97. The minimum absolute atomic E-state index is 0.0994. The molecule has 0 amide bonds. The first-order chi connectivity index (χ1) is 7.46. The van der Waals surface area contributed by atoms with Gasteiger partial charge in [0.2, 0.25) is 10.0 Å². The van der Waals surface area contributed by atoms with Crippen LogP contribution in [-0.4, -0.2) is 25.8 Å². The third kappa shape index (κ3) is 2.99. The Morgan fingerprint density at radius 2 is 2.25 bits per heavy atom. The lowest BCUT2D eigenvalue weighted by atomic mass is 10.4. The zero-order valence-corrected chi connectivity index (χ0v) is 10.2. The lowest BCUT2D eigenvalue weighted by Crippen LogP contribution is -2.11. The molecule has 1 aliphatic carbocycles. The number of anilines is 1. The minimum Gasteiger partial charge on any atom is -0.489 e.